The lowest BCUT2D eigenvalue weighted by atomic mass is 10.1. The summed E-state index contributed by atoms with van der Waals surface area (Å²) >= 11 is 0. The molecule has 0 saturated carbocycles. The standard InChI is InChI=1S/C12H21N3O4/c13-8-1-3-14(4-2-8)7-11(17)15-6-9(16)5-10(15)12(18)19/h8-10,16H,1-7,13H2,(H,18,19)/t9-,10-/m1/s1. The number of carbonyl (C=O) groups excluding carboxylic acids is 1. The molecule has 1 amide bonds. The van der Waals surface area contributed by atoms with Crippen molar-refractivity contribution in [3.63, 3.8) is 0 Å². The Hall–Kier alpha value is -1.18. The number of piperidine rings is 1. The van der Waals surface area contributed by atoms with Gasteiger partial charge in [0.1, 0.15) is 6.04 Å². The number of carbonyl (C=O) groups is 2. The van der Waals surface area contributed by atoms with Crippen molar-refractivity contribution in [3.05, 3.63) is 0 Å². The van der Waals surface area contributed by atoms with Gasteiger partial charge in [0.2, 0.25) is 5.91 Å². The van der Waals surface area contributed by atoms with Crippen molar-refractivity contribution >= 4 is 11.9 Å². The Labute approximate surface area is 112 Å². The zero-order valence-electron chi connectivity index (χ0n) is 10.9. The van der Waals surface area contributed by atoms with Gasteiger partial charge in [-0.3, -0.25) is 9.69 Å². The molecule has 0 aromatic rings. The van der Waals surface area contributed by atoms with Crippen LogP contribution in [0.15, 0.2) is 0 Å². The van der Waals surface area contributed by atoms with Crippen molar-refractivity contribution in [1.29, 1.82) is 0 Å². The molecule has 2 heterocycles. The highest BCUT2D eigenvalue weighted by Gasteiger charge is 2.39. The molecule has 0 unspecified atom stereocenters. The quantitative estimate of drug-likeness (QED) is 0.574. The number of aliphatic carboxylic acids is 1. The van der Waals surface area contributed by atoms with Crippen molar-refractivity contribution in [2.75, 3.05) is 26.2 Å². The molecule has 0 aromatic carbocycles. The number of hydrogen-bond acceptors (Lipinski definition) is 5. The van der Waals surface area contributed by atoms with Gasteiger partial charge in [0, 0.05) is 32.1 Å². The van der Waals surface area contributed by atoms with Gasteiger partial charge in [-0.15, -0.1) is 0 Å². The summed E-state index contributed by atoms with van der Waals surface area (Å²) in [5.41, 5.74) is 5.80. The first-order valence-electron chi connectivity index (χ1n) is 6.65. The third-order valence-electron chi connectivity index (χ3n) is 3.88. The number of carboxylic acids is 1. The van der Waals surface area contributed by atoms with E-state index in [-0.39, 0.29) is 31.5 Å². The van der Waals surface area contributed by atoms with Gasteiger partial charge < -0.3 is 20.8 Å². The van der Waals surface area contributed by atoms with Crippen molar-refractivity contribution < 1.29 is 19.8 Å². The largest absolute Gasteiger partial charge is 0.480 e. The lowest BCUT2D eigenvalue weighted by Gasteiger charge is -2.31. The lowest BCUT2D eigenvalue weighted by Crippen LogP contribution is -2.48. The van der Waals surface area contributed by atoms with E-state index in [0.717, 1.165) is 25.9 Å². The van der Waals surface area contributed by atoms with Gasteiger partial charge in [0.15, 0.2) is 0 Å². The van der Waals surface area contributed by atoms with E-state index in [4.69, 9.17) is 10.8 Å². The maximum Gasteiger partial charge on any atom is 0.326 e. The SMILES string of the molecule is NC1CCN(CC(=O)N2C[C@H](O)C[C@@H]2C(=O)O)CC1. The highest BCUT2D eigenvalue weighted by Crippen LogP contribution is 2.19. The Morgan fingerprint density at radius 1 is 1.26 bits per heavy atom. The second kappa shape index (κ2) is 5.85. The van der Waals surface area contributed by atoms with E-state index in [9.17, 15) is 14.7 Å². The molecule has 0 bridgehead atoms. The Balaban J connectivity index is 1.90. The molecule has 7 heteroatoms. The van der Waals surface area contributed by atoms with Crippen LogP contribution in [0.3, 0.4) is 0 Å². The highest BCUT2D eigenvalue weighted by atomic mass is 16.4. The van der Waals surface area contributed by atoms with Crippen molar-refractivity contribution in [1.82, 2.24) is 9.80 Å². The van der Waals surface area contributed by atoms with E-state index in [1.54, 1.807) is 0 Å². The molecule has 2 fully saturated rings. The average molecular weight is 271 g/mol. The summed E-state index contributed by atoms with van der Waals surface area (Å²) in [6.45, 7) is 1.86. The van der Waals surface area contributed by atoms with E-state index in [2.05, 4.69) is 0 Å². The molecule has 0 aliphatic carbocycles. The molecule has 2 atom stereocenters. The summed E-state index contributed by atoms with van der Waals surface area (Å²) in [4.78, 5) is 26.5. The second-order valence-electron chi connectivity index (χ2n) is 5.40. The number of rotatable bonds is 3. The average Bonchev–Trinajstić information content (AvgIpc) is 2.74. The summed E-state index contributed by atoms with van der Waals surface area (Å²) in [7, 11) is 0. The summed E-state index contributed by atoms with van der Waals surface area (Å²) in [5, 5.41) is 18.6. The van der Waals surface area contributed by atoms with Crippen molar-refractivity contribution in [2.45, 2.75) is 37.5 Å². The van der Waals surface area contributed by atoms with Gasteiger partial charge in [-0.1, -0.05) is 0 Å². The fraction of sp³-hybridized carbons (Fsp3) is 0.833. The molecule has 0 radical (unpaired) electrons. The molecule has 4 N–H and O–H groups in total. The van der Waals surface area contributed by atoms with E-state index in [1.165, 1.54) is 4.90 Å². The minimum atomic E-state index is -1.05. The number of hydrogen-bond donors (Lipinski definition) is 3. The maximum atomic E-state index is 12.1. The zero-order valence-corrected chi connectivity index (χ0v) is 10.9. The van der Waals surface area contributed by atoms with Crippen LogP contribution in [0.4, 0.5) is 0 Å². The number of β-amino-alcohol motifs (C(OH)–C–C–N with tert-alkyl or cyclic N) is 1. The van der Waals surface area contributed by atoms with Gasteiger partial charge in [-0.25, -0.2) is 4.79 Å². The Bertz CT molecular complexity index is 355. The Kier molecular flexibility index (Phi) is 4.38. The van der Waals surface area contributed by atoms with Gasteiger partial charge in [-0.2, -0.15) is 0 Å². The number of likely N-dealkylation sites (tertiary alicyclic amines) is 2. The van der Waals surface area contributed by atoms with Crippen LogP contribution in [0, 0.1) is 0 Å². The van der Waals surface area contributed by atoms with Crippen molar-refractivity contribution in [2.24, 2.45) is 5.73 Å². The first-order valence-corrected chi connectivity index (χ1v) is 6.65. The van der Waals surface area contributed by atoms with Crippen LogP contribution in [0.1, 0.15) is 19.3 Å². The smallest absolute Gasteiger partial charge is 0.326 e. The van der Waals surface area contributed by atoms with E-state index in [0.29, 0.717) is 0 Å². The van der Waals surface area contributed by atoms with Gasteiger partial charge in [0.25, 0.3) is 0 Å². The topological polar surface area (TPSA) is 107 Å². The fourth-order valence-corrected chi connectivity index (χ4v) is 2.72. The summed E-state index contributed by atoms with van der Waals surface area (Å²) < 4.78 is 0. The monoisotopic (exact) mass is 271 g/mol. The third kappa shape index (κ3) is 3.43. The molecule has 2 aliphatic heterocycles. The summed E-state index contributed by atoms with van der Waals surface area (Å²) in [6, 6.07) is -0.693. The maximum absolute atomic E-state index is 12.1. The number of amides is 1. The molecular weight excluding hydrogens is 250 g/mol. The minimum Gasteiger partial charge on any atom is -0.480 e. The highest BCUT2D eigenvalue weighted by molar-refractivity contribution is 5.85. The van der Waals surface area contributed by atoms with Gasteiger partial charge >= 0.3 is 5.97 Å². The number of carboxylic acid groups (broad SMARTS) is 1. The lowest BCUT2D eigenvalue weighted by molar-refractivity contribution is -0.148. The number of nitrogens with zero attached hydrogens (tertiary/aromatic N) is 2. The first kappa shape index (κ1) is 14.2. The van der Waals surface area contributed by atoms with Gasteiger partial charge in [-0.05, 0) is 12.8 Å². The number of aliphatic hydroxyl groups excluding tert-OH is 1. The van der Waals surface area contributed by atoms with Crippen LogP contribution < -0.4 is 5.73 Å². The number of nitrogens with two attached hydrogens (primary N) is 1. The Morgan fingerprint density at radius 2 is 1.89 bits per heavy atom. The van der Waals surface area contributed by atoms with E-state index >= 15 is 0 Å². The molecule has 19 heavy (non-hydrogen) atoms. The van der Waals surface area contributed by atoms with Gasteiger partial charge in [0.05, 0.1) is 12.6 Å². The number of aliphatic hydroxyl groups is 1. The second-order valence-corrected chi connectivity index (χ2v) is 5.40. The van der Waals surface area contributed by atoms with Crippen LogP contribution >= 0.6 is 0 Å². The predicted molar refractivity (Wildman–Crippen MR) is 67.4 cm³/mol. The molecular formula is C12H21N3O4. The summed E-state index contributed by atoms with van der Waals surface area (Å²) in [5.74, 6) is -1.27. The van der Waals surface area contributed by atoms with Crippen LogP contribution in [-0.2, 0) is 9.59 Å². The van der Waals surface area contributed by atoms with Crippen molar-refractivity contribution in [3.8, 4) is 0 Å². The summed E-state index contributed by atoms with van der Waals surface area (Å²) in [6.07, 6.45) is 1.10. The zero-order chi connectivity index (χ0) is 14.0. The first-order chi connectivity index (χ1) is 8.97. The van der Waals surface area contributed by atoms with E-state index < -0.39 is 18.1 Å². The van der Waals surface area contributed by atoms with E-state index in [1.807, 2.05) is 4.90 Å². The molecule has 0 spiro atoms. The van der Waals surface area contributed by atoms with Crippen LogP contribution in [0.25, 0.3) is 0 Å². The molecule has 2 rings (SSSR count). The molecule has 2 saturated heterocycles. The van der Waals surface area contributed by atoms with Crippen LogP contribution in [0.2, 0.25) is 0 Å². The van der Waals surface area contributed by atoms with Crippen LogP contribution in [-0.4, -0.2) is 76.3 Å². The molecule has 2 aliphatic rings. The third-order valence-corrected chi connectivity index (χ3v) is 3.88. The minimum absolute atomic E-state index is 0.114. The predicted octanol–water partition coefficient (Wildman–Crippen LogP) is -1.54. The molecule has 7 nitrogen and oxygen atoms in total. The fourth-order valence-electron chi connectivity index (χ4n) is 2.72. The molecule has 0 aromatic heterocycles. The normalized spacial score (nSPS) is 29.7. The van der Waals surface area contributed by atoms with Crippen LogP contribution in [0.5, 0.6) is 0 Å². The molecule has 108 valence electrons. The Morgan fingerprint density at radius 3 is 2.47 bits per heavy atom.